The van der Waals surface area contributed by atoms with E-state index in [1.54, 1.807) is 12.1 Å². The first kappa shape index (κ1) is 22.8. The van der Waals surface area contributed by atoms with E-state index in [0.29, 0.717) is 0 Å². The summed E-state index contributed by atoms with van der Waals surface area (Å²) >= 11 is 4.27. The second-order valence-electron chi connectivity index (χ2n) is 7.05. The number of carbonyl (C=O) groups is 5. The molecule has 2 aliphatic heterocycles. The van der Waals surface area contributed by atoms with Crippen molar-refractivity contribution in [1.82, 2.24) is 4.90 Å². The molecule has 5 atom stereocenters. The topological polar surface area (TPSA) is 126 Å². The minimum absolute atomic E-state index is 0.240. The van der Waals surface area contributed by atoms with Gasteiger partial charge in [-0.3, -0.25) is 28.9 Å². The van der Waals surface area contributed by atoms with Crippen molar-refractivity contribution in [2.75, 3.05) is 6.54 Å². The number of rotatable bonds is 5. The highest BCUT2D eigenvalue weighted by molar-refractivity contribution is 7.80. The lowest BCUT2D eigenvalue weighted by molar-refractivity contribution is -0.232. The Labute approximate surface area is 183 Å². The van der Waals surface area contributed by atoms with Crippen LogP contribution in [-0.2, 0) is 33.3 Å². The largest absolute Gasteiger partial charge is 0.456 e. The maximum absolute atomic E-state index is 12.7. The van der Waals surface area contributed by atoms with Gasteiger partial charge in [0.1, 0.15) is 11.5 Å². The van der Waals surface area contributed by atoms with E-state index in [0.717, 1.165) is 25.7 Å². The second-order valence-corrected chi connectivity index (χ2v) is 7.56. The summed E-state index contributed by atoms with van der Waals surface area (Å²) in [4.78, 5) is 61.4. The molecule has 2 amide bonds. The maximum Gasteiger partial charge on any atom is 0.303 e. The van der Waals surface area contributed by atoms with Crippen LogP contribution in [0.5, 0.6) is 0 Å². The van der Waals surface area contributed by atoms with Crippen LogP contribution in [0.25, 0.3) is 0 Å². The molecule has 11 heteroatoms. The Bertz CT molecular complexity index is 898. The Kier molecular flexibility index (Phi) is 6.65. The molecular weight excluding hydrogens is 430 g/mol. The SMILES string of the molecule is CC(=O)O[C@@H]1[C@@H](OC(C)=O)[C@H](S)O[C@H](CN2C(=O)c3ccccc3C2=O)[C@@H]1OC(C)=O. The Morgan fingerprint density at radius 3 is 1.81 bits per heavy atom. The van der Waals surface area contributed by atoms with Crippen LogP contribution in [0, 0.1) is 0 Å². The molecule has 0 spiro atoms. The number of benzene rings is 1. The maximum atomic E-state index is 12.7. The molecule has 2 heterocycles. The number of hydrogen-bond acceptors (Lipinski definition) is 10. The van der Waals surface area contributed by atoms with Crippen LogP contribution < -0.4 is 0 Å². The lowest BCUT2D eigenvalue weighted by Crippen LogP contribution is -2.62. The zero-order chi connectivity index (χ0) is 22.9. The molecule has 1 aromatic rings. The summed E-state index contributed by atoms with van der Waals surface area (Å²) in [5, 5.41) is 0. The van der Waals surface area contributed by atoms with Gasteiger partial charge in [-0.2, -0.15) is 0 Å². The van der Waals surface area contributed by atoms with Gasteiger partial charge in [0, 0.05) is 20.8 Å². The Balaban J connectivity index is 1.92. The first-order valence-electron chi connectivity index (χ1n) is 9.40. The minimum Gasteiger partial charge on any atom is -0.456 e. The van der Waals surface area contributed by atoms with Crippen molar-refractivity contribution in [2.45, 2.75) is 50.6 Å². The first-order valence-corrected chi connectivity index (χ1v) is 9.92. The van der Waals surface area contributed by atoms with Gasteiger partial charge in [0.2, 0.25) is 0 Å². The van der Waals surface area contributed by atoms with Crippen molar-refractivity contribution >= 4 is 42.4 Å². The van der Waals surface area contributed by atoms with Crippen molar-refractivity contribution < 1.29 is 42.9 Å². The minimum atomic E-state index is -1.27. The van der Waals surface area contributed by atoms with Crippen molar-refractivity contribution in [3.8, 4) is 0 Å². The van der Waals surface area contributed by atoms with Gasteiger partial charge in [0.05, 0.1) is 17.7 Å². The molecule has 0 unspecified atom stereocenters. The number of ether oxygens (including phenoxy) is 4. The molecule has 0 aliphatic carbocycles. The summed E-state index contributed by atoms with van der Waals surface area (Å²) in [7, 11) is 0. The van der Waals surface area contributed by atoms with Crippen LogP contribution in [0.4, 0.5) is 0 Å². The third-order valence-corrected chi connectivity index (χ3v) is 5.17. The number of fused-ring (bicyclic) bond motifs is 1. The van der Waals surface area contributed by atoms with Gasteiger partial charge >= 0.3 is 17.9 Å². The molecule has 0 saturated carbocycles. The van der Waals surface area contributed by atoms with E-state index in [1.165, 1.54) is 12.1 Å². The molecule has 0 N–H and O–H groups in total. The van der Waals surface area contributed by atoms with Crippen molar-refractivity contribution in [3.63, 3.8) is 0 Å². The molecule has 3 rings (SSSR count). The fourth-order valence-electron chi connectivity index (χ4n) is 3.60. The molecule has 0 bridgehead atoms. The average Bonchev–Trinajstić information content (AvgIpc) is 2.92. The van der Waals surface area contributed by atoms with Crippen molar-refractivity contribution in [1.29, 1.82) is 0 Å². The predicted molar refractivity (Wildman–Crippen MR) is 106 cm³/mol. The van der Waals surface area contributed by atoms with Gasteiger partial charge < -0.3 is 18.9 Å². The number of nitrogens with zero attached hydrogens (tertiary/aromatic N) is 1. The molecule has 166 valence electrons. The quantitative estimate of drug-likeness (QED) is 0.298. The van der Waals surface area contributed by atoms with Gasteiger partial charge in [0.15, 0.2) is 18.3 Å². The zero-order valence-electron chi connectivity index (χ0n) is 17.0. The van der Waals surface area contributed by atoms with E-state index >= 15 is 0 Å². The highest BCUT2D eigenvalue weighted by Gasteiger charge is 2.52. The number of thiol groups is 1. The fraction of sp³-hybridized carbons (Fsp3) is 0.450. The summed E-state index contributed by atoms with van der Waals surface area (Å²) in [6.07, 6.45) is -4.81. The van der Waals surface area contributed by atoms with Gasteiger partial charge in [-0.25, -0.2) is 0 Å². The van der Waals surface area contributed by atoms with Crippen LogP contribution >= 0.6 is 12.6 Å². The molecule has 1 fully saturated rings. The molecule has 31 heavy (non-hydrogen) atoms. The standard InChI is InChI=1S/C20H21NO9S/c1-9(22)27-15-14(8-21-18(25)12-6-4-5-7-13(12)19(21)26)30-20(31)17(29-11(3)24)16(15)28-10(2)23/h4-7,14-17,20,31H,8H2,1-3H3/t14-,15+,16+,17-,20+/m1/s1. The van der Waals surface area contributed by atoms with Crippen molar-refractivity contribution in [2.24, 2.45) is 0 Å². The third kappa shape index (κ3) is 4.72. The van der Waals surface area contributed by atoms with Crippen LogP contribution in [0.2, 0.25) is 0 Å². The second kappa shape index (κ2) is 9.06. The van der Waals surface area contributed by atoms with E-state index in [2.05, 4.69) is 12.6 Å². The normalized spacial score (nSPS) is 27.5. The highest BCUT2D eigenvalue weighted by Crippen LogP contribution is 2.32. The lowest BCUT2D eigenvalue weighted by atomic mass is 9.98. The van der Waals surface area contributed by atoms with Crippen LogP contribution in [0.15, 0.2) is 24.3 Å². The van der Waals surface area contributed by atoms with E-state index in [1.807, 2.05) is 0 Å². The summed E-state index contributed by atoms with van der Waals surface area (Å²) in [5.41, 5.74) is -0.603. The number of carbonyl (C=O) groups excluding carboxylic acids is 5. The van der Waals surface area contributed by atoms with Crippen LogP contribution in [0.1, 0.15) is 41.5 Å². The summed E-state index contributed by atoms with van der Waals surface area (Å²) in [5.74, 6) is -3.20. The molecule has 1 aromatic carbocycles. The van der Waals surface area contributed by atoms with E-state index in [4.69, 9.17) is 18.9 Å². The number of imide groups is 1. The van der Waals surface area contributed by atoms with Gasteiger partial charge in [-0.15, -0.1) is 12.6 Å². The summed E-state index contributed by atoms with van der Waals surface area (Å²) < 4.78 is 21.5. The van der Waals surface area contributed by atoms with Gasteiger partial charge in [-0.05, 0) is 12.1 Å². The van der Waals surface area contributed by atoms with E-state index in [-0.39, 0.29) is 17.7 Å². The number of amides is 2. The van der Waals surface area contributed by atoms with E-state index < -0.39 is 59.6 Å². The Hall–Kier alpha value is -2.92. The Morgan fingerprint density at radius 2 is 1.32 bits per heavy atom. The van der Waals surface area contributed by atoms with Gasteiger partial charge in [-0.1, -0.05) is 12.1 Å². The molecule has 0 aromatic heterocycles. The van der Waals surface area contributed by atoms with Crippen LogP contribution in [-0.4, -0.2) is 71.0 Å². The molecule has 0 radical (unpaired) electrons. The molecule has 2 aliphatic rings. The molecular formula is C20H21NO9S. The van der Waals surface area contributed by atoms with E-state index in [9.17, 15) is 24.0 Å². The van der Waals surface area contributed by atoms with Crippen LogP contribution in [0.3, 0.4) is 0 Å². The zero-order valence-corrected chi connectivity index (χ0v) is 17.9. The predicted octanol–water partition coefficient (Wildman–Crippen LogP) is 0.732. The summed E-state index contributed by atoms with van der Waals surface area (Å²) in [6.45, 7) is 3.12. The van der Waals surface area contributed by atoms with Crippen molar-refractivity contribution in [3.05, 3.63) is 35.4 Å². The average molecular weight is 451 g/mol. The monoisotopic (exact) mass is 451 g/mol. The third-order valence-electron chi connectivity index (χ3n) is 4.76. The highest BCUT2D eigenvalue weighted by atomic mass is 32.1. The lowest BCUT2D eigenvalue weighted by Gasteiger charge is -2.43. The number of hydrogen-bond donors (Lipinski definition) is 1. The Morgan fingerprint density at radius 1 is 0.871 bits per heavy atom. The number of esters is 3. The summed E-state index contributed by atoms with van der Waals surface area (Å²) in [6, 6.07) is 6.33. The fourth-order valence-corrected chi connectivity index (χ4v) is 3.99. The smallest absolute Gasteiger partial charge is 0.303 e. The first-order chi connectivity index (χ1) is 14.6. The molecule has 1 saturated heterocycles. The molecule has 10 nitrogen and oxygen atoms in total. The van der Waals surface area contributed by atoms with Gasteiger partial charge in [0.25, 0.3) is 11.8 Å².